The fourth-order valence-corrected chi connectivity index (χ4v) is 2.51. The van der Waals surface area contributed by atoms with Crippen LogP contribution in [0.1, 0.15) is 15.9 Å². The molecule has 0 spiro atoms. The highest BCUT2D eigenvalue weighted by Crippen LogP contribution is 2.18. The van der Waals surface area contributed by atoms with Gasteiger partial charge < -0.3 is 10.6 Å². The molecule has 0 aliphatic heterocycles. The van der Waals surface area contributed by atoms with Gasteiger partial charge in [0.2, 0.25) is 0 Å². The van der Waals surface area contributed by atoms with Crippen LogP contribution in [0.4, 0.5) is 11.4 Å². The quantitative estimate of drug-likeness (QED) is 0.672. The largest absolute Gasteiger partial charge is 0.381 e. The van der Waals surface area contributed by atoms with Crippen LogP contribution in [0.25, 0.3) is 0 Å². The van der Waals surface area contributed by atoms with Gasteiger partial charge in [0.05, 0.1) is 0 Å². The van der Waals surface area contributed by atoms with Crippen LogP contribution >= 0.6 is 11.6 Å². The van der Waals surface area contributed by atoms with Crippen molar-refractivity contribution in [2.24, 2.45) is 0 Å². The predicted octanol–water partition coefficient (Wildman–Crippen LogP) is 5.20. The Morgan fingerprint density at radius 3 is 2.12 bits per heavy atom. The van der Waals surface area contributed by atoms with Crippen LogP contribution in [0.15, 0.2) is 78.9 Å². The highest BCUT2D eigenvalue weighted by molar-refractivity contribution is 6.31. The molecular formula is C20H17ClN2O. The summed E-state index contributed by atoms with van der Waals surface area (Å²) in [6.07, 6.45) is 0. The second kappa shape index (κ2) is 7.66. The third-order valence-electron chi connectivity index (χ3n) is 3.62. The van der Waals surface area contributed by atoms with Crippen LogP contribution in [0.3, 0.4) is 0 Å². The zero-order valence-corrected chi connectivity index (χ0v) is 13.8. The molecule has 0 saturated carbocycles. The van der Waals surface area contributed by atoms with Crippen molar-refractivity contribution in [3.05, 3.63) is 95.0 Å². The van der Waals surface area contributed by atoms with Crippen molar-refractivity contribution in [2.45, 2.75) is 6.54 Å². The first-order chi connectivity index (χ1) is 11.7. The minimum absolute atomic E-state index is 0.118. The van der Waals surface area contributed by atoms with Crippen molar-refractivity contribution in [1.82, 2.24) is 0 Å². The lowest BCUT2D eigenvalue weighted by molar-refractivity contribution is 0.102. The first kappa shape index (κ1) is 16.1. The van der Waals surface area contributed by atoms with Gasteiger partial charge in [-0.05, 0) is 48.0 Å². The first-order valence-corrected chi connectivity index (χ1v) is 8.04. The van der Waals surface area contributed by atoms with Crippen molar-refractivity contribution in [3.63, 3.8) is 0 Å². The van der Waals surface area contributed by atoms with Gasteiger partial charge in [0.25, 0.3) is 5.91 Å². The molecule has 0 fully saturated rings. The number of hydrogen-bond acceptors (Lipinski definition) is 2. The summed E-state index contributed by atoms with van der Waals surface area (Å²) in [5.41, 5.74) is 3.40. The van der Waals surface area contributed by atoms with Crippen molar-refractivity contribution in [3.8, 4) is 0 Å². The summed E-state index contributed by atoms with van der Waals surface area (Å²) in [5.74, 6) is -0.118. The lowest BCUT2D eigenvalue weighted by Crippen LogP contribution is -2.11. The van der Waals surface area contributed by atoms with E-state index in [2.05, 4.69) is 10.6 Å². The van der Waals surface area contributed by atoms with Crippen LogP contribution in [0.5, 0.6) is 0 Å². The zero-order chi connectivity index (χ0) is 16.8. The fraction of sp³-hybridized carbons (Fsp3) is 0.0500. The van der Waals surface area contributed by atoms with Gasteiger partial charge in [-0.3, -0.25) is 4.79 Å². The van der Waals surface area contributed by atoms with E-state index in [1.54, 1.807) is 12.1 Å². The van der Waals surface area contributed by atoms with Gasteiger partial charge in [-0.1, -0.05) is 48.0 Å². The number of hydrogen-bond donors (Lipinski definition) is 2. The summed E-state index contributed by atoms with van der Waals surface area (Å²) < 4.78 is 0. The van der Waals surface area contributed by atoms with E-state index in [1.165, 1.54) is 0 Å². The van der Waals surface area contributed by atoms with Crippen molar-refractivity contribution < 1.29 is 4.79 Å². The third kappa shape index (κ3) is 4.15. The van der Waals surface area contributed by atoms with E-state index in [-0.39, 0.29) is 5.91 Å². The fourth-order valence-electron chi connectivity index (χ4n) is 2.30. The smallest absolute Gasteiger partial charge is 0.255 e. The van der Waals surface area contributed by atoms with Crippen LogP contribution in [0, 0.1) is 0 Å². The zero-order valence-electron chi connectivity index (χ0n) is 13.0. The number of nitrogens with one attached hydrogen (secondary N) is 2. The summed E-state index contributed by atoms with van der Waals surface area (Å²) in [5, 5.41) is 6.94. The van der Waals surface area contributed by atoms with E-state index in [4.69, 9.17) is 11.6 Å². The molecule has 3 aromatic carbocycles. The normalized spacial score (nSPS) is 10.2. The highest BCUT2D eigenvalue weighted by atomic mass is 35.5. The summed E-state index contributed by atoms with van der Waals surface area (Å²) in [4.78, 5) is 12.1. The predicted molar refractivity (Wildman–Crippen MR) is 99.6 cm³/mol. The lowest BCUT2D eigenvalue weighted by atomic mass is 10.2. The number of carbonyl (C=O) groups is 1. The molecule has 0 atom stereocenters. The highest BCUT2D eigenvalue weighted by Gasteiger charge is 2.05. The number of anilines is 2. The maximum atomic E-state index is 12.1. The van der Waals surface area contributed by atoms with Gasteiger partial charge in [0, 0.05) is 28.5 Å². The molecule has 0 aromatic heterocycles. The summed E-state index contributed by atoms with van der Waals surface area (Å²) in [6, 6.07) is 24.5. The second-order valence-electron chi connectivity index (χ2n) is 5.34. The standard InChI is InChI=1S/C20H17ClN2O/c21-19-9-5-4-8-16(19)14-22-17-10-12-18(13-11-17)23-20(24)15-6-2-1-3-7-15/h1-13,22H,14H2,(H,23,24). The minimum Gasteiger partial charge on any atom is -0.381 e. The SMILES string of the molecule is O=C(Nc1ccc(NCc2ccccc2Cl)cc1)c1ccccc1. The molecule has 1 amide bonds. The Hall–Kier alpha value is -2.78. The topological polar surface area (TPSA) is 41.1 Å². The average Bonchev–Trinajstić information content (AvgIpc) is 2.63. The molecule has 4 heteroatoms. The van der Waals surface area contributed by atoms with Gasteiger partial charge in [-0.25, -0.2) is 0 Å². The van der Waals surface area contributed by atoms with Crippen LogP contribution in [-0.2, 0) is 6.54 Å². The van der Waals surface area contributed by atoms with Gasteiger partial charge in [0.15, 0.2) is 0 Å². The van der Waals surface area contributed by atoms with Crippen molar-refractivity contribution in [1.29, 1.82) is 0 Å². The Morgan fingerprint density at radius 2 is 1.42 bits per heavy atom. The van der Waals surface area contributed by atoms with E-state index in [0.29, 0.717) is 12.1 Å². The number of benzene rings is 3. The van der Waals surface area contributed by atoms with Crippen LogP contribution < -0.4 is 10.6 Å². The third-order valence-corrected chi connectivity index (χ3v) is 3.99. The lowest BCUT2D eigenvalue weighted by Gasteiger charge is -2.10. The molecule has 0 saturated heterocycles. The molecule has 0 radical (unpaired) electrons. The van der Waals surface area contributed by atoms with Crippen LogP contribution in [-0.4, -0.2) is 5.91 Å². The van der Waals surface area contributed by atoms with Crippen molar-refractivity contribution in [2.75, 3.05) is 10.6 Å². The summed E-state index contributed by atoms with van der Waals surface area (Å²) >= 11 is 6.14. The molecule has 2 N–H and O–H groups in total. The molecule has 0 bridgehead atoms. The molecular weight excluding hydrogens is 320 g/mol. The maximum Gasteiger partial charge on any atom is 0.255 e. The molecule has 120 valence electrons. The van der Waals surface area contributed by atoms with Gasteiger partial charge in [-0.2, -0.15) is 0 Å². The van der Waals surface area contributed by atoms with Crippen molar-refractivity contribution >= 4 is 28.9 Å². The van der Waals surface area contributed by atoms with E-state index < -0.39 is 0 Å². The van der Waals surface area contributed by atoms with E-state index in [1.807, 2.05) is 66.7 Å². The Bertz CT molecular complexity index is 817. The van der Waals surface area contributed by atoms with E-state index in [0.717, 1.165) is 22.0 Å². The number of amides is 1. The molecule has 0 heterocycles. The maximum absolute atomic E-state index is 12.1. The minimum atomic E-state index is -0.118. The molecule has 0 unspecified atom stereocenters. The number of rotatable bonds is 5. The molecule has 0 aliphatic carbocycles. The number of halogens is 1. The van der Waals surface area contributed by atoms with E-state index >= 15 is 0 Å². The summed E-state index contributed by atoms with van der Waals surface area (Å²) in [6.45, 7) is 0.648. The number of carbonyl (C=O) groups excluding carboxylic acids is 1. The Kier molecular flexibility index (Phi) is 5.14. The monoisotopic (exact) mass is 336 g/mol. The molecule has 3 nitrogen and oxygen atoms in total. The first-order valence-electron chi connectivity index (χ1n) is 7.66. The molecule has 0 aliphatic rings. The molecule has 3 aromatic rings. The van der Waals surface area contributed by atoms with Crippen LogP contribution in [0.2, 0.25) is 5.02 Å². The Morgan fingerprint density at radius 1 is 0.792 bits per heavy atom. The molecule has 3 rings (SSSR count). The molecule has 24 heavy (non-hydrogen) atoms. The Balaban J connectivity index is 1.59. The van der Waals surface area contributed by atoms with Gasteiger partial charge in [0.1, 0.15) is 0 Å². The van der Waals surface area contributed by atoms with Gasteiger partial charge in [-0.15, -0.1) is 0 Å². The summed E-state index contributed by atoms with van der Waals surface area (Å²) in [7, 11) is 0. The average molecular weight is 337 g/mol. The Labute approximate surface area is 146 Å². The second-order valence-corrected chi connectivity index (χ2v) is 5.75. The van der Waals surface area contributed by atoms with Gasteiger partial charge >= 0.3 is 0 Å². The van der Waals surface area contributed by atoms with E-state index in [9.17, 15) is 4.79 Å².